The first-order valence-electron chi connectivity index (χ1n) is 6.52. The number of benzene rings is 2. The second-order valence-corrected chi connectivity index (χ2v) is 4.54. The van der Waals surface area contributed by atoms with Crippen LogP contribution in [0.2, 0.25) is 0 Å². The molecule has 0 atom stereocenters. The van der Waals surface area contributed by atoms with Gasteiger partial charge in [-0.05, 0) is 36.8 Å². The topological polar surface area (TPSA) is 32.7 Å². The predicted molar refractivity (Wildman–Crippen MR) is 77.8 cm³/mol. The third-order valence-electron chi connectivity index (χ3n) is 3.01. The summed E-state index contributed by atoms with van der Waals surface area (Å²) in [6.45, 7) is 2.87. The van der Waals surface area contributed by atoms with E-state index in [0.29, 0.717) is 24.6 Å². The van der Waals surface area contributed by atoms with Gasteiger partial charge in [0.25, 0.3) is 0 Å². The van der Waals surface area contributed by atoms with Crippen LogP contribution in [0.3, 0.4) is 0 Å². The number of halogens is 1. The van der Waals surface area contributed by atoms with E-state index >= 15 is 0 Å². The Bertz CT molecular complexity index is 586. The molecule has 3 nitrogen and oxygen atoms in total. The number of aromatic hydroxyl groups is 1. The molecule has 0 spiro atoms. The molecule has 0 heterocycles. The minimum absolute atomic E-state index is 0.115. The predicted octanol–water partition coefficient (Wildman–Crippen LogP) is 3.57. The highest BCUT2D eigenvalue weighted by Crippen LogP contribution is 2.28. The summed E-state index contributed by atoms with van der Waals surface area (Å²) in [6.07, 6.45) is 0. The lowest BCUT2D eigenvalue weighted by Gasteiger charge is -2.20. The van der Waals surface area contributed by atoms with E-state index in [1.54, 1.807) is 36.4 Å². The summed E-state index contributed by atoms with van der Waals surface area (Å²) in [4.78, 5) is 1.82. The van der Waals surface area contributed by atoms with Gasteiger partial charge in [0.1, 0.15) is 5.82 Å². The molecule has 0 aromatic heterocycles. The molecule has 2 aromatic rings. The lowest BCUT2D eigenvalue weighted by molar-refractivity contribution is 0.317. The Morgan fingerprint density at radius 1 is 1.20 bits per heavy atom. The van der Waals surface area contributed by atoms with Gasteiger partial charge >= 0.3 is 0 Å². The van der Waals surface area contributed by atoms with Gasteiger partial charge in [-0.25, -0.2) is 4.39 Å². The van der Waals surface area contributed by atoms with Gasteiger partial charge < -0.3 is 14.7 Å². The molecule has 0 bridgehead atoms. The van der Waals surface area contributed by atoms with Crippen LogP contribution in [-0.4, -0.2) is 18.8 Å². The van der Waals surface area contributed by atoms with Crippen molar-refractivity contribution in [3.05, 3.63) is 53.8 Å². The molecule has 4 heteroatoms. The van der Waals surface area contributed by atoms with E-state index in [4.69, 9.17) is 4.74 Å². The molecule has 0 aliphatic carbocycles. The number of phenols is 1. The molecule has 20 heavy (non-hydrogen) atoms. The van der Waals surface area contributed by atoms with Crippen molar-refractivity contribution in [1.82, 2.24) is 0 Å². The van der Waals surface area contributed by atoms with Gasteiger partial charge in [0.15, 0.2) is 11.5 Å². The summed E-state index contributed by atoms with van der Waals surface area (Å²) in [6, 6.07) is 11.8. The van der Waals surface area contributed by atoms with E-state index in [2.05, 4.69) is 0 Å². The van der Waals surface area contributed by atoms with Crippen LogP contribution in [0.1, 0.15) is 12.5 Å². The summed E-state index contributed by atoms with van der Waals surface area (Å²) in [5, 5.41) is 9.66. The molecule has 0 amide bonds. The molecule has 2 aromatic carbocycles. The van der Waals surface area contributed by atoms with Gasteiger partial charge in [0.2, 0.25) is 0 Å². The summed E-state index contributed by atoms with van der Waals surface area (Å²) in [5.41, 5.74) is 1.48. The Kier molecular flexibility index (Phi) is 4.45. The van der Waals surface area contributed by atoms with Crippen LogP contribution >= 0.6 is 0 Å². The standard InChI is InChI=1S/C16H18FNO2/c1-3-20-16-10-12(8-9-15(16)19)11-18(2)14-7-5-4-6-13(14)17/h4-10,19H,3,11H2,1-2H3. The van der Waals surface area contributed by atoms with Crippen LogP contribution in [0.15, 0.2) is 42.5 Å². The maximum absolute atomic E-state index is 13.7. The van der Waals surface area contributed by atoms with Crippen LogP contribution in [0.25, 0.3) is 0 Å². The van der Waals surface area contributed by atoms with Crippen LogP contribution in [0, 0.1) is 5.82 Å². The van der Waals surface area contributed by atoms with Gasteiger partial charge in [0.05, 0.1) is 12.3 Å². The second-order valence-electron chi connectivity index (χ2n) is 4.54. The van der Waals surface area contributed by atoms with Gasteiger partial charge in [0, 0.05) is 13.6 Å². The zero-order valence-electron chi connectivity index (χ0n) is 11.6. The summed E-state index contributed by atoms with van der Waals surface area (Å²) >= 11 is 0. The molecule has 0 fully saturated rings. The van der Waals surface area contributed by atoms with E-state index in [-0.39, 0.29) is 11.6 Å². The van der Waals surface area contributed by atoms with Crippen molar-refractivity contribution in [2.24, 2.45) is 0 Å². The fourth-order valence-corrected chi connectivity index (χ4v) is 2.05. The van der Waals surface area contributed by atoms with E-state index in [9.17, 15) is 9.50 Å². The monoisotopic (exact) mass is 275 g/mol. The third kappa shape index (κ3) is 3.20. The zero-order chi connectivity index (χ0) is 14.5. The smallest absolute Gasteiger partial charge is 0.161 e. The number of ether oxygens (including phenoxy) is 1. The molecule has 0 saturated carbocycles. The second kappa shape index (κ2) is 6.28. The SMILES string of the molecule is CCOc1cc(CN(C)c2ccccc2F)ccc1O. The molecule has 0 saturated heterocycles. The number of phenolic OH excluding ortho intramolecular Hbond substituents is 1. The van der Waals surface area contributed by atoms with Crippen molar-refractivity contribution < 1.29 is 14.2 Å². The Labute approximate surface area is 118 Å². The number of hydrogen-bond donors (Lipinski definition) is 1. The molecule has 0 aliphatic rings. The highest BCUT2D eigenvalue weighted by Gasteiger charge is 2.09. The average molecular weight is 275 g/mol. The first-order chi connectivity index (χ1) is 9.61. The largest absolute Gasteiger partial charge is 0.504 e. The Morgan fingerprint density at radius 3 is 2.65 bits per heavy atom. The van der Waals surface area contributed by atoms with Crippen molar-refractivity contribution in [2.45, 2.75) is 13.5 Å². The fraction of sp³-hybridized carbons (Fsp3) is 0.250. The van der Waals surface area contributed by atoms with Crippen LogP contribution in [0.5, 0.6) is 11.5 Å². The number of anilines is 1. The zero-order valence-corrected chi connectivity index (χ0v) is 11.6. The minimum atomic E-state index is -0.251. The Hall–Kier alpha value is -2.23. The van der Waals surface area contributed by atoms with E-state index in [1.807, 2.05) is 18.9 Å². The highest BCUT2D eigenvalue weighted by molar-refractivity contribution is 5.49. The van der Waals surface area contributed by atoms with Crippen molar-refractivity contribution in [2.75, 3.05) is 18.6 Å². The Balaban J connectivity index is 2.17. The first kappa shape index (κ1) is 14.2. The summed E-state index contributed by atoms with van der Waals surface area (Å²) < 4.78 is 19.0. The van der Waals surface area contributed by atoms with Crippen LogP contribution in [0.4, 0.5) is 10.1 Å². The molecule has 0 unspecified atom stereocenters. The van der Waals surface area contributed by atoms with Gasteiger partial charge in [-0.2, -0.15) is 0 Å². The molecular weight excluding hydrogens is 257 g/mol. The van der Waals surface area contributed by atoms with Crippen LogP contribution < -0.4 is 9.64 Å². The van der Waals surface area contributed by atoms with Crippen molar-refractivity contribution in [3.8, 4) is 11.5 Å². The minimum Gasteiger partial charge on any atom is -0.504 e. The van der Waals surface area contributed by atoms with Crippen molar-refractivity contribution in [3.63, 3.8) is 0 Å². The first-order valence-corrected chi connectivity index (χ1v) is 6.52. The Morgan fingerprint density at radius 2 is 1.95 bits per heavy atom. The molecule has 2 rings (SSSR count). The maximum atomic E-state index is 13.7. The lowest BCUT2D eigenvalue weighted by atomic mass is 10.1. The lowest BCUT2D eigenvalue weighted by Crippen LogP contribution is -2.17. The normalized spacial score (nSPS) is 10.3. The molecular formula is C16H18FNO2. The van der Waals surface area contributed by atoms with Crippen molar-refractivity contribution >= 4 is 5.69 Å². The van der Waals surface area contributed by atoms with Gasteiger partial charge in [-0.3, -0.25) is 0 Å². The molecule has 0 aliphatic heterocycles. The number of rotatable bonds is 5. The third-order valence-corrected chi connectivity index (χ3v) is 3.01. The molecule has 106 valence electrons. The molecule has 1 N–H and O–H groups in total. The number of para-hydroxylation sites is 1. The molecule has 0 radical (unpaired) electrons. The highest BCUT2D eigenvalue weighted by atomic mass is 19.1. The van der Waals surface area contributed by atoms with Crippen LogP contribution in [-0.2, 0) is 6.54 Å². The van der Waals surface area contributed by atoms with Gasteiger partial charge in [-0.1, -0.05) is 18.2 Å². The average Bonchev–Trinajstić information content (AvgIpc) is 2.43. The number of nitrogens with zero attached hydrogens (tertiary/aromatic N) is 1. The van der Waals surface area contributed by atoms with Gasteiger partial charge in [-0.15, -0.1) is 0 Å². The fourth-order valence-electron chi connectivity index (χ4n) is 2.05. The van der Waals surface area contributed by atoms with E-state index in [1.165, 1.54) is 6.07 Å². The number of hydrogen-bond acceptors (Lipinski definition) is 3. The van der Waals surface area contributed by atoms with E-state index < -0.39 is 0 Å². The summed E-state index contributed by atoms with van der Waals surface area (Å²) in [7, 11) is 1.83. The maximum Gasteiger partial charge on any atom is 0.161 e. The quantitative estimate of drug-likeness (QED) is 0.905. The van der Waals surface area contributed by atoms with Crippen molar-refractivity contribution in [1.29, 1.82) is 0 Å². The van der Waals surface area contributed by atoms with E-state index in [0.717, 1.165) is 5.56 Å². The summed E-state index contributed by atoms with van der Waals surface area (Å²) in [5.74, 6) is 0.315.